The summed E-state index contributed by atoms with van der Waals surface area (Å²) in [6, 6.07) is 0.564. The van der Waals surface area contributed by atoms with Crippen LogP contribution in [0.4, 0.5) is 0 Å². The fourth-order valence-corrected chi connectivity index (χ4v) is 1.39. The Balaban J connectivity index is 2.01. The van der Waals surface area contributed by atoms with Gasteiger partial charge in [-0.05, 0) is 19.8 Å². The summed E-state index contributed by atoms with van der Waals surface area (Å²) in [5.74, 6) is 0. The van der Waals surface area contributed by atoms with Crippen LogP contribution in [-0.4, -0.2) is 23.8 Å². The average molecular weight is 142 g/mol. The van der Waals surface area contributed by atoms with E-state index >= 15 is 0 Å². The fourth-order valence-electron chi connectivity index (χ4n) is 1.39. The van der Waals surface area contributed by atoms with E-state index < -0.39 is 0 Å². The van der Waals surface area contributed by atoms with Gasteiger partial charge in [-0.25, -0.2) is 5.32 Å². The lowest BCUT2D eigenvalue weighted by Gasteiger charge is -2.09. The van der Waals surface area contributed by atoms with Gasteiger partial charge in [-0.1, -0.05) is 12.8 Å². The number of nitrogens with zero attached hydrogens (tertiary/aromatic N) is 1. The Morgan fingerprint density at radius 1 is 1.50 bits per heavy atom. The third-order valence-corrected chi connectivity index (χ3v) is 1.95. The minimum absolute atomic E-state index is 0.249. The lowest BCUT2D eigenvalue weighted by Crippen LogP contribution is -2.25. The van der Waals surface area contributed by atoms with Crippen LogP contribution in [0.1, 0.15) is 32.6 Å². The Morgan fingerprint density at radius 3 is 2.60 bits per heavy atom. The molecule has 1 atom stereocenters. The predicted molar refractivity (Wildman–Crippen MR) is 40.9 cm³/mol. The van der Waals surface area contributed by atoms with Crippen LogP contribution >= 0.6 is 0 Å². The van der Waals surface area contributed by atoms with E-state index in [1.165, 1.54) is 25.7 Å². The summed E-state index contributed by atoms with van der Waals surface area (Å²) in [6.07, 6.45) is 4.89. The van der Waals surface area contributed by atoms with Crippen molar-refractivity contribution in [2.75, 3.05) is 6.54 Å². The normalized spacial score (nSPS) is 23.4. The van der Waals surface area contributed by atoms with Gasteiger partial charge in [0, 0.05) is 12.6 Å². The monoisotopic (exact) mass is 142 g/mol. The lowest BCUT2D eigenvalue weighted by molar-refractivity contribution is 0.184. The smallest absolute Gasteiger partial charge is 0.0653 e. The molecule has 0 aromatic carbocycles. The van der Waals surface area contributed by atoms with Gasteiger partial charge in [0.05, 0.1) is 6.10 Å². The van der Waals surface area contributed by atoms with Crippen LogP contribution < -0.4 is 5.32 Å². The number of rotatable bonds is 3. The van der Waals surface area contributed by atoms with Crippen molar-refractivity contribution >= 4 is 0 Å². The van der Waals surface area contributed by atoms with Gasteiger partial charge in [0.2, 0.25) is 0 Å². The molecule has 0 aromatic rings. The number of aliphatic hydroxyl groups is 1. The highest BCUT2D eigenvalue weighted by atomic mass is 16.3. The van der Waals surface area contributed by atoms with Crippen molar-refractivity contribution in [3.05, 3.63) is 0 Å². The largest absolute Gasteiger partial charge is 0.392 e. The van der Waals surface area contributed by atoms with E-state index in [1.54, 1.807) is 6.92 Å². The van der Waals surface area contributed by atoms with E-state index in [0.29, 0.717) is 12.6 Å². The second kappa shape index (κ2) is 3.94. The average Bonchev–Trinajstić information content (AvgIpc) is 2.34. The minimum atomic E-state index is -0.249. The highest BCUT2D eigenvalue weighted by Crippen LogP contribution is 2.18. The molecule has 10 heavy (non-hydrogen) atoms. The molecule has 1 radical (unpaired) electrons. The molecule has 2 heteroatoms. The van der Waals surface area contributed by atoms with Crippen molar-refractivity contribution in [3.63, 3.8) is 0 Å². The standard InChI is InChI=1S/C8H16NO/c1-7(10)6-9-8-4-2-3-5-8/h7-8,10H,2-6H2,1H3. The lowest BCUT2D eigenvalue weighted by atomic mass is 10.2. The van der Waals surface area contributed by atoms with E-state index in [9.17, 15) is 0 Å². The zero-order valence-electron chi connectivity index (χ0n) is 6.58. The molecule has 2 nitrogen and oxygen atoms in total. The second-order valence-electron chi connectivity index (χ2n) is 3.15. The molecule has 0 aliphatic heterocycles. The molecule has 0 spiro atoms. The molecule has 1 rings (SSSR count). The van der Waals surface area contributed by atoms with Crippen LogP contribution in [0, 0.1) is 0 Å². The number of hydrogen-bond donors (Lipinski definition) is 1. The summed E-state index contributed by atoms with van der Waals surface area (Å²) in [7, 11) is 0. The summed E-state index contributed by atoms with van der Waals surface area (Å²) >= 11 is 0. The van der Waals surface area contributed by atoms with E-state index in [2.05, 4.69) is 5.32 Å². The Bertz CT molecular complexity index is 87.3. The van der Waals surface area contributed by atoms with Gasteiger partial charge in [0.25, 0.3) is 0 Å². The van der Waals surface area contributed by atoms with Crippen molar-refractivity contribution in [2.24, 2.45) is 0 Å². The molecule has 0 aromatic heterocycles. The summed E-state index contributed by atoms with van der Waals surface area (Å²) < 4.78 is 0. The van der Waals surface area contributed by atoms with Gasteiger partial charge in [0.1, 0.15) is 0 Å². The molecule has 1 fully saturated rings. The molecule has 1 unspecified atom stereocenters. The maximum atomic E-state index is 8.92. The van der Waals surface area contributed by atoms with Gasteiger partial charge in [-0.15, -0.1) is 0 Å². The van der Waals surface area contributed by atoms with Gasteiger partial charge < -0.3 is 5.11 Å². The van der Waals surface area contributed by atoms with Crippen molar-refractivity contribution in [1.82, 2.24) is 5.32 Å². The first kappa shape index (κ1) is 8.02. The molecule has 1 aliphatic carbocycles. The topological polar surface area (TPSA) is 34.3 Å². The van der Waals surface area contributed by atoms with E-state index in [1.807, 2.05) is 0 Å². The zero-order chi connectivity index (χ0) is 7.40. The van der Waals surface area contributed by atoms with Crippen LogP contribution in [0.15, 0.2) is 0 Å². The second-order valence-corrected chi connectivity index (χ2v) is 3.15. The predicted octanol–water partition coefficient (Wildman–Crippen LogP) is 0.914. The van der Waals surface area contributed by atoms with E-state index in [-0.39, 0.29) is 6.10 Å². The van der Waals surface area contributed by atoms with E-state index in [0.717, 1.165) is 0 Å². The number of aliphatic hydroxyl groups excluding tert-OH is 1. The molecule has 1 saturated carbocycles. The molecule has 0 saturated heterocycles. The maximum absolute atomic E-state index is 8.92. The first-order valence-electron chi connectivity index (χ1n) is 4.13. The van der Waals surface area contributed by atoms with Gasteiger partial charge in [0.15, 0.2) is 0 Å². The molecule has 59 valence electrons. The number of hydrogen-bond acceptors (Lipinski definition) is 1. The highest BCUT2D eigenvalue weighted by molar-refractivity contribution is 4.73. The summed E-state index contributed by atoms with van der Waals surface area (Å²) in [4.78, 5) is 0. The quantitative estimate of drug-likeness (QED) is 0.624. The third kappa shape index (κ3) is 2.67. The van der Waals surface area contributed by atoms with Crippen LogP contribution in [0.3, 0.4) is 0 Å². The van der Waals surface area contributed by atoms with Crippen molar-refractivity contribution < 1.29 is 5.11 Å². The molecule has 0 heterocycles. The first-order chi connectivity index (χ1) is 4.79. The molecule has 1 aliphatic rings. The Labute approximate surface area is 62.6 Å². The fraction of sp³-hybridized carbons (Fsp3) is 1.00. The summed E-state index contributed by atoms with van der Waals surface area (Å²) in [5.41, 5.74) is 0. The van der Waals surface area contributed by atoms with Gasteiger partial charge >= 0.3 is 0 Å². The molecule has 1 N–H and O–H groups in total. The Hall–Kier alpha value is -0.0800. The van der Waals surface area contributed by atoms with E-state index in [4.69, 9.17) is 5.11 Å². The molecular weight excluding hydrogens is 126 g/mol. The maximum Gasteiger partial charge on any atom is 0.0653 e. The van der Waals surface area contributed by atoms with Crippen LogP contribution in [0.5, 0.6) is 0 Å². The SMILES string of the molecule is CC(O)C[N]C1CCCC1. The van der Waals surface area contributed by atoms with Gasteiger partial charge in [-0.3, -0.25) is 0 Å². The molecular formula is C8H16NO. The minimum Gasteiger partial charge on any atom is -0.392 e. The Morgan fingerprint density at radius 2 is 2.10 bits per heavy atom. The van der Waals surface area contributed by atoms with Crippen molar-refractivity contribution in [2.45, 2.75) is 44.8 Å². The molecule has 0 amide bonds. The van der Waals surface area contributed by atoms with Crippen molar-refractivity contribution in [3.8, 4) is 0 Å². The highest BCUT2D eigenvalue weighted by Gasteiger charge is 2.15. The van der Waals surface area contributed by atoms with Crippen LogP contribution in [-0.2, 0) is 0 Å². The zero-order valence-corrected chi connectivity index (χ0v) is 6.58. The summed E-state index contributed by atoms with van der Waals surface area (Å²) in [6.45, 7) is 2.42. The van der Waals surface area contributed by atoms with Crippen LogP contribution in [0.2, 0.25) is 0 Å². The first-order valence-corrected chi connectivity index (χ1v) is 4.13. The van der Waals surface area contributed by atoms with Gasteiger partial charge in [-0.2, -0.15) is 0 Å². The van der Waals surface area contributed by atoms with Crippen molar-refractivity contribution in [1.29, 1.82) is 0 Å². The molecule has 0 bridgehead atoms. The third-order valence-electron chi connectivity index (χ3n) is 1.95. The Kier molecular flexibility index (Phi) is 3.16. The van der Waals surface area contributed by atoms with Crippen LogP contribution in [0.25, 0.3) is 0 Å². The summed E-state index contributed by atoms with van der Waals surface area (Å²) in [5, 5.41) is 13.3.